The van der Waals surface area contributed by atoms with Crippen molar-refractivity contribution in [3.05, 3.63) is 28.2 Å². The highest BCUT2D eigenvalue weighted by molar-refractivity contribution is 9.10. The van der Waals surface area contributed by atoms with Crippen LogP contribution in [0.1, 0.15) is 38.7 Å². The van der Waals surface area contributed by atoms with Crippen LogP contribution in [0.15, 0.2) is 22.7 Å². The number of benzene rings is 1. The molecule has 1 aromatic carbocycles. The van der Waals surface area contributed by atoms with Gasteiger partial charge in [-0.05, 0) is 53.4 Å². The molecule has 0 saturated carbocycles. The zero-order chi connectivity index (χ0) is 14.8. The van der Waals surface area contributed by atoms with E-state index >= 15 is 0 Å². The van der Waals surface area contributed by atoms with Crippen LogP contribution in [0.2, 0.25) is 0 Å². The van der Waals surface area contributed by atoms with Crippen LogP contribution in [0.4, 0.5) is 0 Å². The number of halogens is 1. The average molecular weight is 343 g/mol. The van der Waals surface area contributed by atoms with Gasteiger partial charge >= 0.3 is 0 Å². The number of ether oxygens (including phenoxy) is 2. The SMILES string of the molecule is CCC1(C)CC(O)(Cc2ccc(OC)c(Br)c2)CCO1. The van der Waals surface area contributed by atoms with Crippen molar-refractivity contribution in [2.75, 3.05) is 13.7 Å². The van der Waals surface area contributed by atoms with E-state index in [1.165, 1.54) is 0 Å². The van der Waals surface area contributed by atoms with Crippen molar-refractivity contribution in [2.45, 2.75) is 50.7 Å². The van der Waals surface area contributed by atoms with Crippen LogP contribution in [0.25, 0.3) is 0 Å². The number of aliphatic hydroxyl groups is 1. The topological polar surface area (TPSA) is 38.7 Å². The molecule has 2 atom stereocenters. The molecular formula is C16H23BrO3. The Morgan fingerprint density at radius 1 is 1.45 bits per heavy atom. The van der Waals surface area contributed by atoms with Crippen LogP contribution in [0.5, 0.6) is 5.75 Å². The van der Waals surface area contributed by atoms with E-state index in [4.69, 9.17) is 9.47 Å². The molecular weight excluding hydrogens is 320 g/mol. The first kappa shape index (κ1) is 15.8. The standard InChI is InChI=1S/C16H23BrO3/c1-4-15(2)11-16(18,7-8-20-15)10-12-5-6-14(19-3)13(17)9-12/h5-6,9,18H,4,7-8,10-11H2,1-3H3. The number of hydrogen-bond acceptors (Lipinski definition) is 3. The van der Waals surface area contributed by atoms with E-state index in [0.717, 1.165) is 22.2 Å². The first-order valence-electron chi connectivity index (χ1n) is 7.08. The summed E-state index contributed by atoms with van der Waals surface area (Å²) < 4.78 is 12.0. The largest absolute Gasteiger partial charge is 0.496 e. The Labute approximate surface area is 129 Å². The maximum Gasteiger partial charge on any atom is 0.133 e. The minimum atomic E-state index is -0.683. The molecule has 1 saturated heterocycles. The van der Waals surface area contributed by atoms with Crippen LogP contribution in [-0.4, -0.2) is 30.0 Å². The van der Waals surface area contributed by atoms with Gasteiger partial charge < -0.3 is 14.6 Å². The van der Waals surface area contributed by atoms with Gasteiger partial charge in [0.25, 0.3) is 0 Å². The van der Waals surface area contributed by atoms with E-state index in [1.54, 1.807) is 7.11 Å². The molecule has 1 heterocycles. The Morgan fingerprint density at radius 3 is 2.80 bits per heavy atom. The molecule has 0 aliphatic carbocycles. The Balaban J connectivity index is 2.14. The summed E-state index contributed by atoms with van der Waals surface area (Å²) in [5, 5.41) is 10.9. The molecule has 112 valence electrons. The van der Waals surface area contributed by atoms with E-state index in [2.05, 4.69) is 29.8 Å². The quantitative estimate of drug-likeness (QED) is 0.906. The minimum absolute atomic E-state index is 0.212. The van der Waals surface area contributed by atoms with E-state index in [1.807, 2.05) is 18.2 Å². The van der Waals surface area contributed by atoms with Gasteiger partial charge in [-0.3, -0.25) is 0 Å². The van der Waals surface area contributed by atoms with Gasteiger partial charge in [0.1, 0.15) is 5.75 Å². The molecule has 0 bridgehead atoms. The highest BCUT2D eigenvalue weighted by Gasteiger charge is 2.41. The van der Waals surface area contributed by atoms with Crippen molar-refractivity contribution < 1.29 is 14.6 Å². The molecule has 1 aromatic rings. The lowest BCUT2D eigenvalue weighted by molar-refractivity contribution is -0.152. The lowest BCUT2D eigenvalue weighted by Gasteiger charge is -2.43. The fourth-order valence-electron chi connectivity index (χ4n) is 2.90. The highest BCUT2D eigenvalue weighted by Crippen LogP contribution is 2.37. The summed E-state index contributed by atoms with van der Waals surface area (Å²) in [7, 11) is 1.65. The third kappa shape index (κ3) is 3.54. The van der Waals surface area contributed by atoms with Gasteiger partial charge in [0.05, 0.1) is 29.4 Å². The second-order valence-electron chi connectivity index (χ2n) is 5.95. The zero-order valence-corrected chi connectivity index (χ0v) is 14.0. The molecule has 0 amide bonds. The normalized spacial score (nSPS) is 30.2. The van der Waals surface area contributed by atoms with Crippen LogP contribution >= 0.6 is 15.9 Å². The van der Waals surface area contributed by atoms with Crippen LogP contribution in [0, 0.1) is 0 Å². The van der Waals surface area contributed by atoms with Crippen molar-refractivity contribution in [2.24, 2.45) is 0 Å². The van der Waals surface area contributed by atoms with Gasteiger partial charge in [0, 0.05) is 12.8 Å². The third-order valence-corrected chi connectivity index (χ3v) is 4.84. The number of methoxy groups -OCH3 is 1. The van der Waals surface area contributed by atoms with E-state index in [-0.39, 0.29) is 5.60 Å². The van der Waals surface area contributed by atoms with Gasteiger partial charge in [-0.15, -0.1) is 0 Å². The lowest BCUT2D eigenvalue weighted by Crippen LogP contribution is -2.48. The molecule has 2 rings (SSSR count). The molecule has 1 aliphatic heterocycles. The summed E-state index contributed by atoms with van der Waals surface area (Å²) in [6.07, 6.45) is 2.93. The molecule has 0 spiro atoms. The lowest BCUT2D eigenvalue weighted by atomic mass is 9.78. The average Bonchev–Trinajstić information content (AvgIpc) is 2.38. The van der Waals surface area contributed by atoms with Crippen molar-refractivity contribution in [1.29, 1.82) is 0 Å². The first-order chi connectivity index (χ1) is 9.40. The molecule has 1 aliphatic rings. The van der Waals surface area contributed by atoms with Crippen molar-refractivity contribution in [3.8, 4) is 5.75 Å². The summed E-state index contributed by atoms with van der Waals surface area (Å²) >= 11 is 3.49. The van der Waals surface area contributed by atoms with Gasteiger partial charge in [0.15, 0.2) is 0 Å². The Hall–Kier alpha value is -0.580. The van der Waals surface area contributed by atoms with Gasteiger partial charge in [-0.25, -0.2) is 0 Å². The minimum Gasteiger partial charge on any atom is -0.496 e. The Kier molecular flexibility index (Phi) is 4.77. The van der Waals surface area contributed by atoms with Crippen LogP contribution < -0.4 is 4.74 Å². The monoisotopic (exact) mass is 342 g/mol. The van der Waals surface area contributed by atoms with Gasteiger partial charge in [-0.2, -0.15) is 0 Å². The Morgan fingerprint density at radius 2 is 2.20 bits per heavy atom. The smallest absolute Gasteiger partial charge is 0.133 e. The molecule has 1 fully saturated rings. The predicted octanol–water partition coefficient (Wildman–Crippen LogP) is 3.71. The molecule has 20 heavy (non-hydrogen) atoms. The molecule has 0 aromatic heterocycles. The molecule has 2 unspecified atom stereocenters. The summed E-state index contributed by atoms with van der Waals surface area (Å²) in [6.45, 7) is 4.81. The van der Waals surface area contributed by atoms with Crippen molar-refractivity contribution in [1.82, 2.24) is 0 Å². The summed E-state index contributed by atoms with van der Waals surface area (Å²) in [5.41, 5.74) is 0.217. The third-order valence-electron chi connectivity index (χ3n) is 4.22. The Bertz CT molecular complexity index is 477. The van der Waals surface area contributed by atoms with E-state index in [9.17, 15) is 5.11 Å². The molecule has 3 nitrogen and oxygen atoms in total. The summed E-state index contributed by atoms with van der Waals surface area (Å²) in [4.78, 5) is 0. The van der Waals surface area contributed by atoms with Crippen molar-refractivity contribution >= 4 is 15.9 Å². The van der Waals surface area contributed by atoms with Gasteiger partial charge in [0.2, 0.25) is 0 Å². The van der Waals surface area contributed by atoms with Crippen LogP contribution in [0.3, 0.4) is 0 Å². The second kappa shape index (κ2) is 6.04. The fraction of sp³-hybridized carbons (Fsp3) is 0.625. The highest BCUT2D eigenvalue weighted by atomic mass is 79.9. The first-order valence-corrected chi connectivity index (χ1v) is 7.88. The fourth-order valence-corrected chi connectivity index (χ4v) is 3.49. The molecule has 1 N–H and O–H groups in total. The molecule has 0 radical (unpaired) electrons. The van der Waals surface area contributed by atoms with Crippen molar-refractivity contribution in [3.63, 3.8) is 0 Å². The summed E-state index contributed by atoms with van der Waals surface area (Å²) in [5.74, 6) is 0.811. The van der Waals surface area contributed by atoms with Crippen LogP contribution in [-0.2, 0) is 11.2 Å². The maximum atomic E-state index is 10.9. The second-order valence-corrected chi connectivity index (χ2v) is 6.80. The molecule has 4 heteroatoms. The predicted molar refractivity (Wildman–Crippen MR) is 83.2 cm³/mol. The number of hydrogen-bond donors (Lipinski definition) is 1. The summed E-state index contributed by atoms with van der Waals surface area (Å²) in [6, 6.07) is 5.97. The zero-order valence-electron chi connectivity index (χ0n) is 12.4. The van der Waals surface area contributed by atoms with Gasteiger partial charge in [-0.1, -0.05) is 13.0 Å². The number of rotatable bonds is 4. The van der Waals surface area contributed by atoms with E-state index < -0.39 is 5.60 Å². The maximum absolute atomic E-state index is 10.9. The van der Waals surface area contributed by atoms with E-state index in [0.29, 0.717) is 25.9 Å².